The van der Waals surface area contributed by atoms with Crippen molar-refractivity contribution in [3.63, 3.8) is 0 Å². The maximum atomic E-state index is 12.3. The van der Waals surface area contributed by atoms with E-state index in [0.29, 0.717) is 0 Å². The van der Waals surface area contributed by atoms with Crippen LogP contribution < -0.4 is 0 Å². The molecule has 0 heterocycles. The zero-order chi connectivity index (χ0) is 12.1. The van der Waals surface area contributed by atoms with Gasteiger partial charge in [0.2, 0.25) is 0 Å². The molecule has 0 spiro atoms. The monoisotopic (exact) mass is 228 g/mol. The predicted molar refractivity (Wildman–Crippen MR) is 43.8 cm³/mol. The van der Waals surface area contributed by atoms with Crippen molar-refractivity contribution in [1.29, 1.82) is 0 Å². The van der Waals surface area contributed by atoms with Crippen molar-refractivity contribution in [2.24, 2.45) is 0 Å². The Balaban J connectivity index is 4.84. The summed E-state index contributed by atoms with van der Waals surface area (Å²) in [6.07, 6.45) is -4.29. The zero-order valence-electron chi connectivity index (χ0n) is 8.00. The van der Waals surface area contributed by atoms with Crippen molar-refractivity contribution >= 4 is 5.97 Å². The molecule has 1 unspecified atom stereocenters. The highest BCUT2D eigenvalue weighted by Gasteiger charge is 2.62. The van der Waals surface area contributed by atoms with Gasteiger partial charge < -0.3 is 14.6 Å². The van der Waals surface area contributed by atoms with E-state index in [9.17, 15) is 18.0 Å². The van der Waals surface area contributed by atoms with Crippen molar-refractivity contribution in [2.45, 2.75) is 18.9 Å². The van der Waals surface area contributed by atoms with E-state index >= 15 is 0 Å². The lowest BCUT2D eigenvalue weighted by Crippen LogP contribution is -2.55. The van der Waals surface area contributed by atoms with E-state index in [1.165, 1.54) is 6.92 Å². The molecule has 0 aromatic carbocycles. The van der Waals surface area contributed by atoms with E-state index < -0.39 is 24.5 Å². The maximum Gasteiger partial charge on any atom is 0.455 e. The van der Waals surface area contributed by atoms with Gasteiger partial charge in [0.05, 0.1) is 13.2 Å². The predicted octanol–water partition coefficient (Wildman–Crippen LogP) is 1.00. The van der Waals surface area contributed by atoms with Crippen LogP contribution in [-0.4, -0.2) is 36.3 Å². The molecule has 4 nitrogen and oxygen atoms in total. The lowest BCUT2D eigenvalue weighted by molar-refractivity contribution is -0.350. The molecule has 0 aliphatic carbocycles. The van der Waals surface area contributed by atoms with Gasteiger partial charge in [0.1, 0.15) is 0 Å². The number of halogens is 3. The Morgan fingerprint density at radius 1 is 1.53 bits per heavy atom. The lowest BCUT2D eigenvalue weighted by Gasteiger charge is -2.27. The molecule has 0 rings (SSSR count). The quantitative estimate of drug-likeness (QED) is 0.433. The van der Waals surface area contributed by atoms with Crippen LogP contribution in [0.15, 0.2) is 12.7 Å². The molecule has 88 valence electrons. The molecule has 7 heteroatoms. The van der Waals surface area contributed by atoms with Crippen LogP contribution in [0.5, 0.6) is 0 Å². The van der Waals surface area contributed by atoms with Gasteiger partial charge in [-0.15, -0.1) is 6.58 Å². The second-order valence-electron chi connectivity index (χ2n) is 2.46. The van der Waals surface area contributed by atoms with Crippen LogP contribution >= 0.6 is 0 Å². The fourth-order valence-corrected chi connectivity index (χ4v) is 0.665. The summed E-state index contributed by atoms with van der Waals surface area (Å²) < 4.78 is 44.9. The first-order valence-electron chi connectivity index (χ1n) is 4.00. The van der Waals surface area contributed by atoms with E-state index in [2.05, 4.69) is 16.1 Å². The van der Waals surface area contributed by atoms with Gasteiger partial charge in [-0.25, -0.2) is 4.79 Å². The Bertz CT molecular complexity index is 239. The van der Waals surface area contributed by atoms with E-state index in [-0.39, 0.29) is 6.61 Å². The number of carbonyl (C=O) groups excluding carboxylic acids is 1. The van der Waals surface area contributed by atoms with Gasteiger partial charge in [0.25, 0.3) is 0 Å². The van der Waals surface area contributed by atoms with Crippen molar-refractivity contribution in [3.05, 3.63) is 12.7 Å². The Hall–Kier alpha value is -1.08. The van der Waals surface area contributed by atoms with Gasteiger partial charge in [-0.2, -0.15) is 13.2 Å². The third kappa shape index (κ3) is 3.21. The molecule has 0 aliphatic heterocycles. The first-order valence-corrected chi connectivity index (χ1v) is 4.00. The minimum atomic E-state index is -5.26. The molecule has 0 amide bonds. The molecule has 0 saturated carbocycles. The molecule has 0 radical (unpaired) electrons. The molecule has 0 saturated heterocycles. The molecule has 1 atom stereocenters. The second-order valence-corrected chi connectivity index (χ2v) is 2.46. The summed E-state index contributed by atoms with van der Waals surface area (Å²) in [6.45, 7) is 3.48. The summed E-state index contributed by atoms with van der Waals surface area (Å²) in [7, 11) is 0. The van der Waals surface area contributed by atoms with Gasteiger partial charge in [0.15, 0.2) is 0 Å². The van der Waals surface area contributed by atoms with Crippen LogP contribution in [0.3, 0.4) is 0 Å². The number of carbonyl (C=O) groups is 1. The summed E-state index contributed by atoms with van der Waals surface area (Å²) in [4.78, 5) is 10.9. The third-order valence-electron chi connectivity index (χ3n) is 1.35. The first kappa shape index (κ1) is 13.9. The van der Waals surface area contributed by atoms with Crippen molar-refractivity contribution < 1.29 is 32.5 Å². The summed E-state index contributed by atoms with van der Waals surface area (Å²) >= 11 is 0. The van der Waals surface area contributed by atoms with E-state index in [4.69, 9.17) is 5.11 Å². The number of hydrogen-bond acceptors (Lipinski definition) is 4. The van der Waals surface area contributed by atoms with Gasteiger partial charge in [-0.05, 0) is 6.92 Å². The lowest BCUT2D eigenvalue weighted by atomic mass is 10.2. The van der Waals surface area contributed by atoms with Gasteiger partial charge in [0, 0.05) is 0 Å². The number of ether oxygens (including phenoxy) is 2. The largest absolute Gasteiger partial charge is 0.462 e. The van der Waals surface area contributed by atoms with Gasteiger partial charge in [-0.1, -0.05) is 6.08 Å². The summed E-state index contributed by atoms with van der Waals surface area (Å²) in [5, 5.41) is 9.01. The molecular formula is C8H11F3O4. The number of aliphatic hydroxyl groups is 1. The van der Waals surface area contributed by atoms with Crippen LogP contribution in [0.4, 0.5) is 13.2 Å². The van der Waals surface area contributed by atoms with Crippen LogP contribution in [0, 0.1) is 0 Å². The van der Waals surface area contributed by atoms with Crippen LogP contribution in [-0.2, 0) is 14.3 Å². The van der Waals surface area contributed by atoms with E-state index in [1.807, 2.05) is 0 Å². The fourth-order valence-electron chi connectivity index (χ4n) is 0.665. The minimum Gasteiger partial charge on any atom is -0.462 e. The summed E-state index contributed by atoms with van der Waals surface area (Å²) in [6, 6.07) is 0. The molecule has 0 aromatic heterocycles. The first-order chi connectivity index (χ1) is 6.79. The number of alkyl halides is 3. The Kier molecular flexibility index (Phi) is 4.76. The van der Waals surface area contributed by atoms with Gasteiger partial charge in [-0.3, -0.25) is 0 Å². The smallest absolute Gasteiger partial charge is 0.455 e. The van der Waals surface area contributed by atoms with E-state index in [1.54, 1.807) is 0 Å². The number of esters is 1. The van der Waals surface area contributed by atoms with Crippen LogP contribution in [0.25, 0.3) is 0 Å². The average Bonchev–Trinajstić information content (AvgIpc) is 2.12. The standard InChI is InChI=1S/C8H11F3O4/c1-3-5-15-7(13,8(9,10)11)6(12)14-4-2/h3,13H,1,4-5H2,2H3. The minimum absolute atomic E-state index is 0.297. The molecule has 0 aromatic rings. The topological polar surface area (TPSA) is 55.8 Å². The third-order valence-corrected chi connectivity index (χ3v) is 1.35. The SMILES string of the molecule is C=CCOC(O)(C(=O)OCC)C(F)(F)F. The van der Waals surface area contributed by atoms with Gasteiger partial charge >= 0.3 is 17.9 Å². The molecular weight excluding hydrogens is 217 g/mol. The highest BCUT2D eigenvalue weighted by molar-refractivity contribution is 5.78. The maximum absolute atomic E-state index is 12.3. The Morgan fingerprint density at radius 3 is 2.40 bits per heavy atom. The van der Waals surface area contributed by atoms with Crippen LogP contribution in [0.1, 0.15) is 6.92 Å². The zero-order valence-corrected chi connectivity index (χ0v) is 8.00. The molecule has 0 bridgehead atoms. The second kappa shape index (κ2) is 5.13. The van der Waals surface area contributed by atoms with Crippen molar-refractivity contribution in [1.82, 2.24) is 0 Å². The number of hydrogen-bond donors (Lipinski definition) is 1. The van der Waals surface area contributed by atoms with Crippen molar-refractivity contribution in [2.75, 3.05) is 13.2 Å². The summed E-state index contributed by atoms with van der Waals surface area (Å²) in [5.41, 5.74) is 0. The van der Waals surface area contributed by atoms with Crippen molar-refractivity contribution in [3.8, 4) is 0 Å². The fraction of sp³-hybridized carbons (Fsp3) is 0.625. The molecule has 0 aliphatic rings. The molecule has 15 heavy (non-hydrogen) atoms. The van der Waals surface area contributed by atoms with E-state index in [0.717, 1.165) is 6.08 Å². The molecule has 0 fully saturated rings. The van der Waals surface area contributed by atoms with Crippen LogP contribution in [0.2, 0.25) is 0 Å². The highest BCUT2D eigenvalue weighted by Crippen LogP contribution is 2.32. The average molecular weight is 228 g/mol. The Morgan fingerprint density at radius 2 is 2.07 bits per heavy atom. The highest BCUT2D eigenvalue weighted by atomic mass is 19.4. The number of rotatable bonds is 5. The Labute approximate surface area is 84.3 Å². The molecule has 1 N–H and O–H groups in total. The summed E-state index contributed by atoms with van der Waals surface area (Å²) in [5.74, 6) is -5.82. The normalized spacial score (nSPS) is 15.5.